The lowest BCUT2D eigenvalue weighted by molar-refractivity contribution is 0.311. The number of benzene rings is 1. The number of anilines is 1. The number of nitriles is 1. The molecular formula is C15H18BrN5. The van der Waals surface area contributed by atoms with Crippen molar-refractivity contribution in [3.63, 3.8) is 0 Å². The highest BCUT2D eigenvalue weighted by molar-refractivity contribution is 9.10. The van der Waals surface area contributed by atoms with Crippen molar-refractivity contribution >= 4 is 21.6 Å². The Morgan fingerprint density at radius 1 is 1.48 bits per heavy atom. The summed E-state index contributed by atoms with van der Waals surface area (Å²) < 4.78 is 2.70. The van der Waals surface area contributed by atoms with E-state index >= 15 is 0 Å². The maximum absolute atomic E-state index is 9.20. The number of aryl methyl sites for hydroxylation is 1. The quantitative estimate of drug-likeness (QED) is 0.903. The highest BCUT2D eigenvalue weighted by atomic mass is 79.9. The third-order valence-corrected chi connectivity index (χ3v) is 3.81. The second-order valence-electron chi connectivity index (χ2n) is 5.11. The lowest BCUT2D eigenvalue weighted by atomic mass is 10.1. The van der Waals surface area contributed by atoms with Gasteiger partial charge in [0.1, 0.15) is 6.07 Å². The van der Waals surface area contributed by atoms with Gasteiger partial charge in [0.25, 0.3) is 0 Å². The Balaban J connectivity index is 2.15. The first-order chi connectivity index (χ1) is 10.0. The van der Waals surface area contributed by atoms with Crippen molar-refractivity contribution in [3.05, 3.63) is 46.2 Å². The zero-order chi connectivity index (χ0) is 15.4. The van der Waals surface area contributed by atoms with Gasteiger partial charge in [0, 0.05) is 29.8 Å². The fourth-order valence-corrected chi connectivity index (χ4v) is 2.54. The fraction of sp³-hybridized carbons (Fsp3) is 0.333. The molecule has 0 aliphatic rings. The molecular weight excluding hydrogens is 330 g/mol. The summed E-state index contributed by atoms with van der Waals surface area (Å²) >= 11 is 3.38. The summed E-state index contributed by atoms with van der Waals surface area (Å²) in [6, 6.07) is 8.06. The summed E-state index contributed by atoms with van der Waals surface area (Å²) in [5.41, 5.74) is 2.62. The van der Waals surface area contributed by atoms with E-state index in [9.17, 15) is 5.26 Å². The summed E-state index contributed by atoms with van der Waals surface area (Å²) in [5.74, 6) is 0. The van der Waals surface area contributed by atoms with E-state index in [1.54, 1.807) is 4.68 Å². The molecule has 1 heterocycles. The van der Waals surface area contributed by atoms with E-state index in [0.29, 0.717) is 12.1 Å². The van der Waals surface area contributed by atoms with Gasteiger partial charge in [-0.3, -0.25) is 4.68 Å². The lowest BCUT2D eigenvalue weighted by Crippen LogP contribution is -2.26. The van der Waals surface area contributed by atoms with Crippen LogP contribution < -0.4 is 5.32 Å². The van der Waals surface area contributed by atoms with Gasteiger partial charge in [-0.1, -0.05) is 15.9 Å². The first kappa shape index (κ1) is 15.5. The molecule has 21 heavy (non-hydrogen) atoms. The van der Waals surface area contributed by atoms with Crippen LogP contribution >= 0.6 is 15.9 Å². The van der Waals surface area contributed by atoms with Crippen molar-refractivity contribution in [2.24, 2.45) is 7.05 Å². The molecule has 0 amide bonds. The number of hydrogen-bond donors (Lipinski definition) is 1. The summed E-state index contributed by atoms with van der Waals surface area (Å²) in [4.78, 5) is 2.13. The fourth-order valence-electron chi connectivity index (χ4n) is 2.18. The highest BCUT2D eigenvalue weighted by Gasteiger charge is 2.16. The smallest absolute Gasteiger partial charge is 0.101 e. The van der Waals surface area contributed by atoms with Crippen LogP contribution in [0.2, 0.25) is 0 Å². The number of nitrogens with one attached hydrogen (secondary N) is 1. The van der Waals surface area contributed by atoms with Crippen LogP contribution in [0.15, 0.2) is 35.1 Å². The van der Waals surface area contributed by atoms with Crippen LogP contribution in [0.4, 0.5) is 5.69 Å². The molecule has 0 spiro atoms. The Morgan fingerprint density at radius 3 is 2.81 bits per heavy atom. The Labute approximate surface area is 133 Å². The van der Waals surface area contributed by atoms with Crippen molar-refractivity contribution in [1.29, 1.82) is 5.26 Å². The first-order valence-electron chi connectivity index (χ1n) is 6.59. The molecule has 5 nitrogen and oxygen atoms in total. The third-order valence-electron chi connectivity index (χ3n) is 3.32. The zero-order valence-electron chi connectivity index (χ0n) is 12.3. The normalized spacial score (nSPS) is 12.2. The van der Waals surface area contributed by atoms with E-state index in [1.807, 2.05) is 51.7 Å². The minimum Gasteiger partial charge on any atom is -0.382 e. The van der Waals surface area contributed by atoms with Gasteiger partial charge in [-0.05, 0) is 32.3 Å². The third kappa shape index (κ3) is 3.84. The van der Waals surface area contributed by atoms with Crippen LogP contribution in [0.3, 0.4) is 0 Å². The van der Waals surface area contributed by atoms with Gasteiger partial charge < -0.3 is 10.2 Å². The Bertz CT molecular complexity index is 656. The molecule has 0 saturated carbocycles. The van der Waals surface area contributed by atoms with E-state index < -0.39 is 0 Å². The molecule has 6 heteroatoms. The molecule has 1 atom stereocenters. The second-order valence-corrected chi connectivity index (χ2v) is 6.03. The molecule has 0 bridgehead atoms. The van der Waals surface area contributed by atoms with Gasteiger partial charge in [0.2, 0.25) is 0 Å². The zero-order valence-corrected chi connectivity index (χ0v) is 13.9. The van der Waals surface area contributed by atoms with Gasteiger partial charge in [-0.15, -0.1) is 0 Å². The standard InChI is InChI=1S/C15H18BrN5/c1-20(2)15(12-8-19-21(3)10-12)9-18-14-5-4-13(16)6-11(14)7-17/h4-6,8,10,15,18H,9H2,1-3H3/t15-/m0/s1. The number of nitrogens with zero attached hydrogens (tertiary/aromatic N) is 4. The van der Waals surface area contributed by atoms with Crippen LogP contribution in [0.1, 0.15) is 17.2 Å². The summed E-state index contributed by atoms with van der Waals surface area (Å²) in [5, 5.41) is 16.8. The predicted octanol–water partition coefficient (Wildman–Crippen LogP) is 2.77. The Morgan fingerprint density at radius 2 is 2.24 bits per heavy atom. The van der Waals surface area contributed by atoms with Gasteiger partial charge in [0.15, 0.2) is 0 Å². The number of likely N-dealkylation sites (N-methyl/N-ethyl adjacent to an activating group) is 1. The SMILES string of the molecule is CN(C)[C@@H](CNc1ccc(Br)cc1C#N)c1cnn(C)c1. The van der Waals surface area contributed by atoms with Crippen molar-refractivity contribution in [2.45, 2.75) is 6.04 Å². The minimum atomic E-state index is 0.189. The number of hydrogen-bond acceptors (Lipinski definition) is 4. The Kier molecular flexibility index (Phi) is 4.99. The van der Waals surface area contributed by atoms with E-state index in [1.165, 1.54) is 0 Å². The first-order valence-corrected chi connectivity index (χ1v) is 7.39. The summed E-state index contributed by atoms with van der Waals surface area (Å²) in [7, 11) is 5.98. The summed E-state index contributed by atoms with van der Waals surface area (Å²) in [6.07, 6.45) is 3.89. The lowest BCUT2D eigenvalue weighted by Gasteiger charge is -2.24. The molecule has 0 aliphatic heterocycles. The number of aromatic nitrogens is 2. The van der Waals surface area contributed by atoms with Gasteiger partial charge >= 0.3 is 0 Å². The van der Waals surface area contributed by atoms with Gasteiger partial charge in [-0.25, -0.2) is 0 Å². The van der Waals surface area contributed by atoms with E-state index in [4.69, 9.17) is 0 Å². The molecule has 2 aromatic rings. The predicted molar refractivity (Wildman–Crippen MR) is 87.0 cm³/mol. The van der Waals surface area contributed by atoms with E-state index in [-0.39, 0.29) is 6.04 Å². The van der Waals surface area contributed by atoms with Gasteiger partial charge in [-0.2, -0.15) is 10.4 Å². The van der Waals surface area contributed by atoms with Crippen molar-refractivity contribution in [2.75, 3.05) is 26.0 Å². The summed E-state index contributed by atoms with van der Waals surface area (Å²) in [6.45, 7) is 0.703. The molecule has 0 unspecified atom stereocenters. The molecule has 2 rings (SSSR count). The minimum absolute atomic E-state index is 0.189. The number of rotatable bonds is 5. The molecule has 0 radical (unpaired) electrons. The van der Waals surface area contributed by atoms with Crippen molar-refractivity contribution in [3.8, 4) is 6.07 Å². The van der Waals surface area contributed by atoms with E-state index in [0.717, 1.165) is 15.7 Å². The van der Waals surface area contributed by atoms with Crippen LogP contribution in [-0.2, 0) is 7.05 Å². The average molecular weight is 348 g/mol. The molecule has 0 fully saturated rings. The monoisotopic (exact) mass is 347 g/mol. The molecule has 110 valence electrons. The topological polar surface area (TPSA) is 56.9 Å². The van der Waals surface area contributed by atoms with Crippen molar-refractivity contribution in [1.82, 2.24) is 14.7 Å². The average Bonchev–Trinajstić information content (AvgIpc) is 2.86. The molecule has 0 saturated heterocycles. The number of halogens is 1. The molecule has 1 aromatic carbocycles. The second kappa shape index (κ2) is 6.74. The highest BCUT2D eigenvalue weighted by Crippen LogP contribution is 2.23. The van der Waals surface area contributed by atoms with Gasteiger partial charge in [0.05, 0.1) is 23.5 Å². The van der Waals surface area contributed by atoms with Crippen molar-refractivity contribution < 1.29 is 0 Å². The van der Waals surface area contributed by atoms with Crippen LogP contribution in [-0.4, -0.2) is 35.3 Å². The maximum Gasteiger partial charge on any atom is 0.101 e. The molecule has 0 aliphatic carbocycles. The molecule has 1 aromatic heterocycles. The van der Waals surface area contributed by atoms with Crippen LogP contribution in [0.5, 0.6) is 0 Å². The van der Waals surface area contributed by atoms with Crippen LogP contribution in [0, 0.1) is 11.3 Å². The van der Waals surface area contributed by atoms with Crippen LogP contribution in [0.25, 0.3) is 0 Å². The Hall–Kier alpha value is -1.84. The van der Waals surface area contributed by atoms with E-state index in [2.05, 4.69) is 37.3 Å². The molecule has 1 N–H and O–H groups in total. The maximum atomic E-state index is 9.20. The largest absolute Gasteiger partial charge is 0.382 e.